The molecule has 44 heavy (non-hydrogen) atoms. The van der Waals surface area contributed by atoms with Crippen molar-refractivity contribution in [3.63, 3.8) is 0 Å². The maximum absolute atomic E-state index is 13.6. The summed E-state index contributed by atoms with van der Waals surface area (Å²) in [6.07, 6.45) is 4.88. The van der Waals surface area contributed by atoms with Gasteiger partial charge in [-0.25, -0.2) is 9.59 Å². The summed E-state index contributed by atoms with van der Waals surface area (Å²) in [6, 6.07) is 12.5. The summed E-state index contributed by atoms with van der Waals surface area (Å²) in [5.74, 6) is -0.951. The average molecular weight is 628 g/mol. The van der Waals surface area contributed by atoms with Crippen LogP contribution in [-0.2, 0) is 37.0 Å². The number of benzene rings is 2. The van der Waals surface area contributed by atoms with Crippen molar-refractivity contribution < 1.29 is 33.4 Å². The van der Waals surface area contributed by atoms with Crippen LogP contribution in [0.5, 0.6) is 5.75 Å². The number of ether oxygens (including phenoxy) is 3. The Labute approximate surface area is 263 Å². The fourth-order valence-corrected chi connectivity index (χ4v) is 6.07. The van der Waals surface area contributed by atoms with Gasteiger partial charge in [-0.2, -0.15) is 0 Å². The zero-order valence-corrected chi connectivity index (χ0v) is 26.1. The summed E-state index contributed by atoms with van der Waals surface area (Å²) in [5.41, 5.74) is 1.62. The summed E-state index contributed by atoms with van der Waals surface area (Å²) in [6.45, 7) is 2.86. The Morgan fingerprint density at radius 1 is 1.02 bits per heavy atom. The van der Waals surface area contributed by atoms with Gasteiger partial charge in [-0.1, -0.05) is 81.0 Å². The smallest absolute Gasteiger partial charge is 0.408 e. The van der Waals surface area contributed by atoms with Gasteiger partial charge in [-0.05, 0) is 42.5 Å². The van der Waals surface area contributed by atoms with Crippen LogP contribution in [0.3, 0.4) is 0 Å². The second-order valence-electron chi connectivity index (χ2n) is 11.6. The normalized spacial score (nSPS) is 17.1. The minimum atomic E-state index is -1.08. The highest BCUT2D eigenvalue weighted by Gasteiger charge is 2.33. The molecule has 2 aromatic rings. The van der Waals surface area contributed by atoms with Crippen molar-refractivity contribution in [3.8, 4) is 5.75 Å². The fourth-order valence-electron chi connectivity index (χ4n) is 5.86. The highest BCUT2D eigenvalue weighted by molar-refractivity contribution is 6.30. The molecule has 2 N–H and O–H groups in total. The number of methoxy groups -OCH3 is 1. The predicted molar refractivity (Wildman–Crippen MR) is 165 cm³/mol. The molecule has 3 atom stereocenters. The van der Waals surface area contributed by atoms with E-state index in [4.69, 9.17) is 25.8 Å². The first-order valence-electron chi connectivity index (χ1n) is 15.3. The highest BCUT2D eigenvalue weighted by atomic mass is 35.5. The Kier molecular flexibility index (Phi) is 12.3. The van der Waals surface area contributed by atoms with Gasteiger partial charge in [0.25, 0.3) is 0 Å². The van der Waals surface area contributed by atoms with E-state index in [1.807, 2.05) is 24.3 Å². The van der Waals surface area contributed by atoms with E-state index >= 15 is 0 Å². The largest absolute Gasteiger partial charge is 0.491 e. The van der Waals surface area contributed by atoms with E-state index in [1.54, 1.807) is 36.1 Å². The predicted octanol–water partition coefficient (Wildman–Crippen LogP) is 5.01. The van der Waals surface area contributed by atoms with Crippen molar-refractivity contribution in [3.05, 3.63) is 64.7 Å². The molecule has 2 aliphatic rings. The number of carbonyl (C=O) groups is 4. The molecule has 1 heterocycles. The molecule has 1 fully saturated rings. The molecule has 1 aliphatic heterocycles. The lowest BCUT2D eigenvalue weighted by Gasteiger charge is -2.29. The average Bonchev–Trinajstić information content (AvgIpc) is 3.25. The van der Waals surface area contributed by atoms with Crippen LogP contribution in [0.25, 0.3) is 0 Å². The van der Waals surface area contributed by atoms with Crippen molar-refractivity contribution in [2.45, 2.75) is 77.1 Å². The second kappa shape index (κ2) is 16.3. The maximum Gasteiger partial charge on any atom is 0.408 e. The van der Waals surface area contributed by atoms with E-state index in [2.05, 4.69) is 10.6 Å². The molecule has 10 nitrogen and oxygen atoms in total. The van der Waals surface area contributed by atoms with Gasteiger partial charge in [0.15, 0.2) is 0 Å². The number of para-hydroxylation sites is 1. The number of nitrogens with zero attached hydrogens (tertiary/aromatic N) is 1. The molecule has 0 saturated heterocycles. The van der Waals surface area contributed by atoms with E-state index < -0.39 is 36.0 Å². The molecule has 11 heteroatoms. The maximum atomic E-state index is 13.6. The van der Waals surface area contributed by atoms with Crippen LogP contribution < -0.4 is 15.4 Å². The van der Waals surface area contributed by atoms with Crippen molar-refractivity contribution in [1.29, 1.82) is 0 Å². The molecule has 4 rings (SSSR count). The lowest BCUT2D eigenvalue weighted by Crippen LogP contribution is -2.53. The molecule has 0 spiro atoms. The number of carbonyl (C=O) groups excluding carboxylic acids is 4. The number of halogens is 1. The minimum absolute atomic E-state index is 0.0133. The summed E-state index contributed by atoms with van der Waals surface area (Å²) >= 11 is 6.03. The first-order chi connectivity index (χ1) is 21.2. The molecule has 1 saturated carbocycles. The number of hydrogen-bond donors (Lipinski definition) is 2. The van der Waals surface area contributed by atoms with Gasteiger partial charge in [0, 0.05) is 23.0 Å². The van der Waals surface area contributed by atoms with E-state index in [1.165, 1.54) is 7.11 Å². The monoisotopic (exact) mass is 627 g/mol. The summed E-state index contributed by atoms with van der Waals surface area (Å²) in [4.78, 5) is 54.4. The molecule has 238 valence electrons. The van der Waals surface area contributed by atoms with Crippen LogP contribution in [0.2, 0.25) is 5.02 Å². The zero-order chi connectivity index (χ0) is 31.5. The third-order valence-corrected chi connectivity index (χ3v) is 8.47. The lowest BCUT2D eigenvalue weighted by molar-refractivity contribution is -0.146. The minimum Gasteiger partial charge on any atom is -0.491 e. The molecular weight excluding hydrogens is 586 g/mol. The van der Waals surface area contributed by atoms with E-state index in [-0.39, 0.29) is 24.9 Å². The fraction of sp³-hybridized carbons (Fsp3) is 0.515. The molecule has 0 radical (unpaired) electrons. The first kappa shape index (κ1) is 33.1. The Bertz CT molecular complexity index is 1300. The van der Waals surface area contributed by atoms with Crippen LogP contribution in [0, 0.1) is 11.8 Å². The van der Waals surface area contributed by atoms with Crippen LogP contribution >= 0.6 is 11.6 Å². The van der Waals surface area contributed by atoms with Crippen molar-refractivity contribution in [2.75, 3.05) is 20.3 Å². The number of esters is 1. The summed E-state index contributed by atoms with van der Waals surface area (Å²) in [5, 5.41) is 6.00. The molecule has 2 aromatic carbocycles. The highest BCUT2D eigenvalue weighted by Crippen LogP contribution is 2.28. The summed E-state index contributed by atoms with van der Waals surface area (Å²) in [7, 11) is 1.24. The van der Waals surface area contributed by atoms with Crippen molar-refractivity contribution >= 4 is 35.5 Å². The van der Waals surface area contributed by atoms with Gasteiger partial charge in [0.05, 0.1) is 13.7 Å². The molecule has 1 aliphatic carbocycles. The number of hydrogen-bond acceptors (Lipinski definition) is 7. The number of alkyl carbamates (subject to hydrolysis) is 1. The van der Waals surface area contributed by atoms with E-state index in [0.29, 0.717) is 36.7 Å². The quantitative estimate of drug-likeness (QED) is 0.336. The Hall–Kier alpha value is -3.79. The van der Waals surface area contributed by atoms with Gasteiger partial charge < -0.3 is 29.7 Å². The van der Waals surface area contributed by atoms with Gasteiger partial charge >= 0.3 is 12.1 Å². The van der Waals surface area contributed by atoms with Gasteiger partial charge in [0.1, 0.15) is 31.0 Å². The Balaban J connectivity index is 1.41. The number of amides is 3. The number of rotatable bonds is 11. The number of fused-ring (bicyclic) bond motifs is 1. The van der Waals surface area contributed by atoms with Gasteiger partial charge in [-0.3, -0.25) is 9.59 Å². The van der Waals surface area contributed by atoms with Crippen LogP contribution in [0.1, 0.15) is 63.0 Å². The molecule has 3 amide bonds. The Morgan fingerprint density at radius 2 is 1.80 bits per heavy atom. The third kappa shape index (κ3) is 9.61. The number of nitrogens with one attached hydrogen (secondary N) is 2. The van der Waals surface area contributed by atoms with Crippen molar-refractivity contribution in [1.82, 2.24) is 15.5 Å². The molecule has 1 unspecified atom stereocenters. The molecular formula is C33H42ClN3O7. The first-order valence-corrected chi connectivity index (χ1v) is 15.7. The van der Waals surface area contributed by atoms with Crippen molar-refractivity contribution in [2.24, 2.45) is 11.8 Å². The van der Waals surface area contributed by atoms with E-state index in [0.717, 1.165) is 43.4 Å². The van der Waals surface area contributed by atoms with Gasteiger partial charge in [-0.15, -0.1) is 0 Å². The molecule has 0 aromatic heterocycles. The third-order valence-electron chi connectivity index (χ3n) is 8.24. The second-order valence-corrected chi connectivity index (χ2v) is 12.0. The van der Waals surface area contributed by atoms with Crippen LogP contribution in [-0.4, -0.2) is 61.1 Å². The van der Waals surface area contributed by atoms with Gasteiger partial charge in [0.2, 0.25) is 11.8 Å². The SMILES string of the molecule is COC(=O)[C@H](CC(C)C(=O)N1CCOc2ccccc2C1)NC(=O)[C@H](CC1CCCCC1)NC(=O)OCc1cccc(Cl)c1. The molecule has 0 bridgehead atoms. The van der Waals surface area contributed by atoms with E-state index in [9.17, 15) is 19.2 Å². The standard InChI is InChI=1S/C33H42ClN3O7/c1-22(31(39)37-15-16-43-29-14-7-6-12-25(29)20-37)17-28(32(40)42-2)35-30(38)27(19-23-9-4-3-5-10-23)36-33(41)44-21-24-11-8-13-26(34)18-24/h6-8,11-14,18,22-23,27-28H,3-5,9-10,15-17,19-21H2,1-2H3,(H,35,38)(H,36,41)/t22?,27-,28-/m0/s1. The topological polar surface area (TPSA) is 123 Å². The van der Waals surface area contributed by atoms with Crippen LogP contribution in [0.4, 0.5) is 4.79 Å². The lowest BCUT2D eigenvalue weighted by atomic mass is 9.84. The summed E-state index contributed by atoms with van der Waals surface area (Å²) < 4.78 is 16.2. The zero-order valence-electron chi connectivity index (χ0n) is 25.4. The Morgan fingerprint density at radius 3 is 2.55 bits per heavy atom. The van der Waals surface area contributed by atoms with Crippen LogP contribution in [0.15, 0.2) is 48.5 Å².